The topological polar surface area (TPSA) is 21.3 Å². The molecular formula is C11H21NO. The molecule has 0 aromatic rings. The summed E-state index contributed by atoms with van der Waals surface area (Å²) in [5, 5.41) is 3.64. The second kappa shape index (κ2) is 3.97. The first-order valence-electron chi connectivity index (χ1n) is 5.55. The van der Waals surface area contributed by atoms with Gasteiger partial charge in [-0.15, -0.1) is 0 Å². The quantitative estimate of drug-likeness (QED) is 0.717. The lowest BCUT2D eigenvalue weighted by Gasteiger charge is -2.24. The molecule has 0 saturated heterocycles. The highest BCUT2D eigenvalue weighted by Crippen LogP contribution is 2.44. The van der Waals surface area contributed by atoms with Crippen molar-refractivity contribution in [3.63, 3.8) is 0 Å². The standard InChI is InChI=1S/C11H21NO/c1-8(13-2)7-12-11-6-9-3-4-10(11)5-9/h8-12H,3-7H2,1-2H3. The van der Waals surface area contributed by atoms with E-state index in [1.165, 1.54) is 25.7 Å². The summed E-state index contributed by atoms with van der Waals surface area (Å²) in [7, 11) is 1.78. The summed E-state index contributed by atoms with van der Waals surface area (Å²) in [6.45, 7) is 3.14. The molecule has 13 heavy (non-hydrogen) atoms. The van der Waals surface area contributed by atoms with E-state index in [1.807, 2.05) is 0 Å². The fourth-order valence-electron chi connectivity index (χ4n) is 2.90. The van der Waals surface area contributed by atoms with Crippen molar-refractivity contribution in [2.45, 2.75) is 44.8 Å². The molecule has 0 aliphatic heterocycles. The van der Waals surface area contributed by atoms with Crippen LogP contribution in [0.5, 0.6) is 0 Å². The van der Waals surface area contributed by atoms with Crippen LogP contribution in [0.25, 0.3) is 0 Å². The minimum absolute atomic E-state index is 0.360. The molecule has 2 rings (SSSR count). The first-order chi connectivity index (χ1) is 6.29. The maximum absolute atomic E-state index is 5.23. The van der Waals surface area contributed by atoms with Crippen LogP contribution in [-0.2, 0) is 4.74 Å². The van der Waals surface area contributed by atoms with Gasteiger partial charge in [0.25, 0.3) is 0 Å². The zero-order chi connectivity index (χ0) is 9.26. The van der Waals surface area contributed by atoms with Gasteiger partial charge in [0.05, 0.1) is 6.10 Å². The molecule has 4 atom stereocenters. The third-order valence-electron chi connectivity index (χ3n) is 3.81. The summed E-state index contributed by atoms with van der Waals surface area (Å²) in [5.74, 6) is 2.02. The SMILES string of the molecule is COC(C)CNC1CC2CCC1C2. The van der Waals surface area contributed by atoms with Crippen LogP contribution in [0.3, 0.4) is 0 Å². The second-order valence-corrected chi connectivity index (χ2v) is 4.74. The second-order valence-electron chi connectivity index (χ2n) is 4.74. The highest BCUT2D eigenvalue weighted by Gasteiger charge is 2.39. The first kappa shape index (κ1) is 9.47. The van der Waals surface area contributed by atoms with Gasteiger partial charge in [0.15, 0.2) is 0 Å². The summed E-state index contributed by atoms with van der Waals surface area (Å²) in [6, 6.07) is 0.802. The molecule has 4 unspecified atom stereocenters. The Bertz CT molecular complexity index is 171. The van der Waals surface area contributed by atoms with Gasteiger partial charge < -0.3 is 10.1 Å². The third-order valence-corrected chi connectivity index (χ3v) is 3.81. The highest BCUT2D eigenvalue weighted by atomic mass is 16.5. The number of fused-ring (bicyclic) bond motifs is 2. The minimum atomic E-state index is 0.360. The molecule has 0 heterocycles. The van der Waals surface area contributed by atoms with Crippen LogP contribution in [0, 0.1) is 11.8 Å². The monoisotopic (exact) mass is 183 g/mol. The van der Waals surface area contributed by atoms with Crippen LogP contribution in [0.2, 0.25) is 0 Å². The third kappa shape index (κ3) is 2.05. The molecule has 2 bridgehead atoms. The Morgan fingerprint density at radius 3 is 2.77 bits per heavy atom. The fraction of sp³-hybridized carbons (Fsp3) is 1.00. The van der Waals surface area contributed by atoms with E-state index in [9.17, 15) is 0 Å². The first-order valence-corrected chi connectivity index (χ1v) is 5.55. The Balaban J connectivity index is 1.71. The molecule has 2 heteroatoms. The van der Waals surface area contributed by atoms with E-state index >= 15 is 0 Å². The molecule has 2 fully saturated rings. The van der Waals surface area contributed by atoms with Crippen molar-refractivity contribution in [3.8, 4) is 0 Å². The lowest BCUT2D eigenvalue weighted by molar-refractivity contribution is 0.111. The summed E-state index contributed by atoms with van der Waals surface area (Å²) in [5.41, 5.74) is 0. The van der Waals surface area contributed by atoms with Gasteiger partial charge in [-0.25, -0.2) is 0 Å². The predicted molar refractivity (Wildman–Crippen MR) is 53.7 cm³/mol. The van der Waals surface area contributed by atoms with Crippen LogP contribution in [0.4, 0.5) is 0 Å². The molecule has 0 amide bonds. The number of rotatable bonds is 4. The Hall–Kier alpha value is -0.0800. The Labute approximate surface area is 81.0 Å². The lowest BCUT2D eigenvalue weighted by Crippen LogP contribution is -2.38. The number of methoxy groups -OCH3 is 1. The molecule has 2 aliphatic carbocycles. The predicted octanol–water partition coefficient (Wildman–Crippen LogP) is 1.80. The molecule has 2 aliphatic rings. The van der Waals surface area contributed by atoms with E-state index in [2.05, 4.69) is 12.2 Å². The van der Waals surface area contributed by atoms with Gasteiger partial charge >= 0.3 is 0 Å². The number of nitrogens with one attached hydrogen (secondary N) is 1. The van der Waals surface area contributed by atoms with Crippen molar-refractivity contribution in [2.75, 3.05) is 13.7 Å². The van der Waals surface area contributed by atoms with Gasteiger partial charge in [0.2, 0.25) is 0 Å². The maximum Gasteiger partial charge on any atom is 0.0667 e. The average Bonchev–Trinajstić information content (AvgIpc) is 2.74. The summed E-state index contributed by atoms with van der Waals surface area (Å²) in [4.78, 5) is 0. The van der Waals surface area contributed by atoms with E-state index in [-0.39, 0.29) is 0 Å². The molecule has 0 spiro atoms. The van der Waals surface area contributed by atoms with Crippen molar-refractivity contribution in [3.05, 3.63) is 0 Å². The van der Waals surface area contributed by atoms with Crippen LogP contribution in [0.15, 0.2) is 0 Å². The van der Waals surface area contributed by atoms with Crippen molar-refractivity contribution in [1.29, 1.82) is 0 Å². The van der Waals surface area contributed by atoms with Crippen LogP contribution in [-0.4, -0.2) is 25.8 Å². The van der Waals surface area contributed by atoms with Gasteiger partial charge in [-0.1, -0.05) is 6.42 Å². The van der Waals surface area contributed by atoms with Gasteiger partial charge in [0.1, 0.15) is 0 Å². The fourth-order valence-corrected chi connectivity index (χ4v) is 2.90. The average molecular weight is 183 g/mol. The molecule has 76 valence electrons. The van der Waals surface area contributed by atoms with Crippen LogP contribution in [0.1, 0.15) is 32.6 Å². The Morgan fingerprint density at radius 1 is 1.38 bits per heavy atom. The number of hydrogen-bond acceptors (Lipinski definition) is 2. The molecule has 0 aromatic carbocycles. The van der Waals surface area contributed by atoms with Crippen molar-refractivity contribution in [1.82, 2.24) is 5.32 Å². The molecule has 0 radical (unpaired) electrons. The van der Waals surface area contributed by atoms with E-state index in [1.54, 1.807) is 7.11 Å². The Kier molecular flexibility index (Phi) is 2.89. The van der Waals surface area contributed by atoms with E-state index < -0.39 is 0 Å². The van der Waals surface area contributed by atoms with Gasteiger partial charge in [0, 0.05) is 19.7 Å². The molecule has 0 aromatic heterocycles. The van der Waals surface area contributed by atoms with Crippen LogP contribution < -0.4 is 5.32 Å². The summed E-state index contributed by atoms with van der Waals surface area (Å²) in [6.07, 6.45) is 6.21. The smallest absolute Gasteiger partial charge is 0.0667 e. The van der Waals surface area contributed by atoms with Crippen molar-refractivity contribution >= 4 is 0 Å². The molecule has 2 nitrogen and oxygen atoms in total. The van der Waals surface area contributed by atoms with Crippen LogP contribution >= 0.6 is 0 Å². The van der Waals surface area contributed by atoms with Gasteiger partial charge in [-0.3, -0.25) is 0 Å². The number of hydrogen-bond donors (Lipinski definition) is 1. The van der Waals surface area contributed by atoms with Crippen molar-refractivity contribution in [2.24, 2.45) is 11.8 Å². The lowest BCUT2D eigenvalue weighted by atomic mass is 9.95. The maximum atomic E-state index is 5.23. The molecule has 2 saturated carbocycles. The van der Waals surface area contributed by atoms with E-state index in [0.29, 0.717) is 6.10 Å². The molecular weight excluding hydrogens is 162 g/mol. The highest BCUT2D eigenvalue weighted by molar-refractivity contribution is 4.94. The normalized spacial score (nSPS) is 39.7. The zero-order valence-electron chi connectivity index (χ0n) is 8.75. The zero-order valence-corrected chi connectivity index (χ0v) is 8.75. The van der Waals surface area contributed by atoms with E-state index in [4.69, 9.17) is 4.74 Å². The van der Waals surface area contributed by atoms with Crippen molar-refractivity contribution < 1.29 is 4.74 Å². The largest absolute Gasteiger partial charge is 0.380 e. The summed E-state index contributed by atoms with van der Waals surface area (Å²) >= 11 is 0. The van der Waals surface area contributed by atoms with E-state index in [0.717, 1.165) is 24.4 Å². The minimum Gasteiger partial charge on any atom is -0.380 e. The van der Waals surface area contributed by atoms with Gasteiger partial charge in [-0.05, 0) is 38.0 Å². The number of ether oxygens (including phenoxy) is 1. The Morgan fingerprint density at radius 2 is 2.23 bits per heavy atom. The molecule has 1 N–H and O–H groups in total. The van der Waals surface area contributed by atoms with Gasteiger partial charge in [-0.2, -0.15) is 0 Å². The summed E-state index contributed by atoms with van der Waals surface area (Å²) < 4.78 is 5.23.